The van der Waals surface area contributed by atoms with E-state index in [9.17, 15) is 9.59 Å². The van der Waals surface area contributed by atoms with E-state index in [-0.39, 0.29) is 11.8 Å². The third-order valence-corrected chi connectivity index (χ3v) is 3.60. The van der Waals surface area contributed by atoms with Gasteiger partial charge in [-0.1, -0.05) is 12.1 Å². The van der Waals surface area contributed by atoms with Gasteiger partial charge in [-0.2, -0.15) is 0 Å². The van der Waals surface area contributed by atoms with Gasteiger partial charge in [0.2, 0.25) is 11.8 Å². The van der Waals surface area contributed by atoms with E-state index in [0.717, 1.165) is 30.6 Å². The second kappa shape index (κ2) is 6.05. The van der Waals surface area contributed by atoms with Gasteiger partial charge < -0.3 is 16.0 Å². The number of carbonyl (C=O) groups is 2. The lowest BCUT2D eigenvalue weighted by Gasteiger charge is -2.23. The predicted octanol–water partition coefficient (Wildman–Crippen LogP) is 1.40. The van der Waals surface area contributed by atoms with Crippen molar-refractivity contribution in [1.29, 1.82) is 0 Å². The van der Waals surface area contributed by atoms with Crippen LogP contribution in [0.5, 0.6) is 0 Å². The van der Waals surface area contributed by atoms with E-state index in [2.05, 4.69) is 16.0 Å². The normalized spacial score (nSPS) is 21.5. The number of anilines is 1. The van der Waals surface area contributed by atoms with Crippen molar-refractivity contribution >= 4 is 17.5 Å². The second-order valence-electron chi connectivity index (χ2n) is 5.42. The summed E-state index contributed by atoms with van der Waals surface area (Å²) in [4.78, 5) is 23.0. The van der Waals surface area contributed by atoms with Gasteiger partial charge in [-0.25, -0.2) is 0 Å². The van der Waals surface area contributed by atoms with Crippen molar-refractivity contribution in [3.8, 4) is 0 Å². The average molecular weight is 275 g/mol. The summed E-state index contributed by atoms with van der Waals surface area (Å²) in [6.07, 6.45) is 1.91. The van der Waals surface area contributed by atoms with Crippen molar-refractivity contribution in [2.75, 3.05) is 11.9 Å². The topological polar surface area (TPSA) is 70.2 Å². The van der Waals surface area contributed by atoms with Crippen LogP contribution in [0.15, 0.2) is 24.3 Å². The maximum Gasteiger partial charge on any atom is 0.240 e. The molecular formula is C15H21N3O2. The van der Waals surface area contributed by atoms with Crippen molar-refractivity contribution < 1.29 is 9.59 Å². The van der Waals surface area contributed by atoms with Crippen molar-refractivity contribution in [2.24, 2.45) is 0 Å². The Labute approximate surface area is 119 Å². The average Bonchev–Trinajstić information content (AvgIpc) is 2.85. The molecule has 0 radical (unpaired) electrons. The largest absolute Gasteiger partial charge is 0.350 e. The second-order valence-corrected chi connectivity index (χ2v) is 5.42. The smallest absolute Gasteiger partial charge is 0.240 e. The molecule has 2 amide bonds. The molecule has 0 saturated carbocycles. The zero-order chi connectivity index (χ0) is 14.6. The van der Waals surface area contributed by atoms with Crippen LogP contribution < -0.4 is 16.0 Å². The number of hydrogen-bond acceptors (Lipinski definition) is 3. The monoisotopic (exact) mass is 275 g/mol. The van der Waals surface area contributed by atoms with Gasteiger partial charge in [0.05, 0.1) is 5.54 Å². The summed E-state index contributed by atoms with van der Waals surface area (Å²) in [7, 11) is 0. The van der Waals surface area contributed by atoms with Crippen molar-refractivity contribution in [3.63, 3.8) is 0 Å². The van der Waals surface area contributed by atoms with E-state index in [1.807, 2.05) is 31.2 Å². The Kier molecular flexibility index (Phi) is 4.39. The fourth-order valence-electron chi connectivity index (χ4n) is 2.38. The molecule has 108 valence electrons. The standard InChI is InChI=1S/C15H21N3O2/c1-11(19)18-13-6-4-12(5-7-13)10-16-14(20)15(2)8-3-9-17-15/h4-7,17H,3,8-10H2,1-2H3,(H,16,20)(H,18,19). The maximum atomic E-state index is 12.1. The molecular weight excluding hydrogens is 254 g/mol. The van der Waals surface area contributed by atoms with Crippen LogP contribution in [0.4, 0.5) is 5.69 Å². The minimum atomic E-state index is -0.434. The third-order valence-electron chi connectivity index (χ3n) is 3.60. The first-order chi connectivity index (χ1) is 9.49. The van der Waals surface area contributed by atoms with Crippen LogP contribution in [0.1, 0.15) is 32.3 Å². The van der Waals surface area contributed by atoms with Crippen LogP contribution in [0.3, 0.4) is 0 Å². The lowest BCUT2D eigenvalue weighted by atomic mass is 9.99. The summed E-state index contributed by atoms with van der Waals surface area (Å²) in [5.74, 6) is -0.0489. The van der Waals surface area contributed by atoms with Crippen molar-refractivity contribution in [3.05, 3.63) is 29.8 Å². The molecule has 0 spiro atoms. The summed E-state index contributed by atoms with van der Waals surface area (Å²) in [5, 5.41) is 8.90. The molecule has 5 heteroatoms. The molecule has 1 saturated heterocycles. The van der Waals surface area contributed by atoms with Crippen LogP contribution in [0.2, 0.25) is 0 Å². The number of amides is 2. The maximum absolute atomic E-state index is 12.1. The van der Waals surface area contributed by atoms with Crippen molar-refractivity contribution in [1.82, 2.24) is 10.6 Å². The molecule has 1 unspecified atom stereocenters. The molecule has 1 aromatic rings. The zero-order valence-electron chi connectivity index (χ0n) is 12.0. The van der Waals surface area contributed by atoms with E-state index >= 15 is 0 Å². The summed E-state index contributed by atoms with van der Waals surface area (Å²) in [6.45, 7) is 4.81. The van der Waals surface area contributed by atoms with Crippen LogP contribution in [0, 0.1) is 0 Å². The lowest BCUT2D eigenvalue weighted by molar-refractivity contribution is -0.126. The first-order valence-corrected chi connectivity index (χ1v) is 6.89. The summed E-state index contributed by atoms with van der Waals surface area (Å²) in [6, 6.07) is 7.46. The number of nitrogens with one attached hydrogen (secondary N) is 3. The molecule has 1 aromatic carbocycles. The predicted molar refractivity (Wildman–Crippen MR) is 78.2 cm³/mol. The first-order valence-electron chi connectivity index (χ1n) is 6.89. The minimum Gasteiger partial charge on any atom is -0.350 e. The number of hydrogen-bond donors (Lipinski definition) is 3. The van der Waals surface area contributed by atoms with Gasteiger partial charge >= 0.3 is 0 Å². The number of benzene rings is 1. The Morgan fingerprint density at radius 1 is 1.30 bits per heavy atom. The van der Waals surface area contributed by atoms with Crippen LogP contribution in [-0.4, -0.2) is 23.9 Å². The Morgan fingerprint density at radius 3 is 2.55 bits per heavy atom. The zero-order valence-corrected chi connectivity index (χ0v) is 12.0. The fraction of sp³-hybridized carbons (Fsp3) is 0.467. The van der Waals surface area contributed by atoms with E-state index in [1.165, 1.54) is 6.92 Å². The van der Waals surface area contributed by atoms with Gasteiger partial charge in [0.15, 0.2) is 0 Å². The van der Waals surface area contributed by atoms with E-state index < -0.39 is 5.54 Å². The molecule has 5 nitrogen and oxygen atoms in total. The summed E-state index contributed by atoms with van der Waals surface area (Å²) in [5.41, 5.74) is 1.34. The molecule has 0 aromatic heterocycles. The molecule has 1 atom stereocenters. The molecule has 1 aliphatic rings. The Morgan fingerprint density at radius 2 is 2.00 bits per heavy atom. The lowest BCUT2D eigenvalue weighted by Crippen LogP contribution is -2.50. The quantitative estimate of drug-likeness (QED) is 0.778. The highest BCUT2D eigenvalue weighted by atomic mass is 16.2. The molecule has 1 fully saturated rings. The van der Waals surface area contributed by atoms with E-state index in [4.69, 9.17) is 0 Å². The summed E-state index contributed by atoms with van der Waals surface area (Å²) < 4.78 is 0. The minimum absolute atomic E-state index is 0.0425. The van der Waals surface area contributed by atoms with Gasteiger partial charge in [0.1, 0.15) is 0 Å². The van der Waals surface area contributed by atoms with Crippen molar-refractivity contribution in [2.45, 2.75) is 38.8 Å². The third kappa shape index (κ3) is 3.57. The highest BCUT2D eigenvalue weighted by Gasteiger charge is 2.35. The SMILES string of the molecule is CC(=O)Nc1ccc(CNC(=O)C2(C)CCCN2)cc1. The van der Waals surface area contributed by atoms with Gasteiger partial charge in [-0.05, 0) is 44.0 Å². The van der Waals surface area contributed by atoms with E-state index in [1.54, 1.807) is 0 Å². The molecule has 20 heavy (non-hydrogen) atoms. The first kappa shape index (κ1) is 14.5. The molecule has 0 bridgehead atoms. The van der Waals surface area contributed by atoms with Crippen LogP contribution in [0.25, 0.3) is 0 Å². The number of carbonyl (C=O) groups excluding carboxylic acids is 2. The van der Waals surface area contributed by atoms with E-state index in [0.29, 0.717) is 6.54 Å². The molecule has 1 heterocycles. The molecule has 0 aliphatic carbocycles. The van der Waals surface area contributed by atoms with Gasteiger partial charge in [-0.15, -0.1) is 0 Å². The molecule has 2 rings (SSSR count). The Bertz CT molecular complexity index is 490. The van der Waals surface area contributed by atoms with Crippen LogP contribution >= 0.6 is 0 Å². The van der Waals surface area contributed by atoms with Crippen LogP contribution in [-0.2, 0) is 16.1 Å². The van der Waals surface area contributed by atoms with Gasteiger partial charge in [0.25, 0.3) is 0 Å². The van der Waals surface area contributed by atoms with Gasteiger partial charge in [-0.3, -0.25) is 9.59 Å². The highest BCUT2D eigenvalue weighted by molar-refractivity contribution is 5.88. The van der Waals surface area contributed by atoms with Gasteiger partial charge in [0, 0.05) is 19.2 Å². The Hall–Kier alpha value is -1.88. The Balaban J connectivity index is 1.87. The summed E-state index contributed by atoms with van der Waals surface area (Å²) >= 11 is 0. The number of rotatable bonds is 4. The highest BCUT2D eigenvalue weighted by Crippen LogP contribution is 2.18. The molecule has 1 aliphatic heterocycles. The fourth-order valence-corrected chi connectivity index (χ4v) is 2.38. The molecule has 3 N–H and O–H groups in total.